The number of hydrogen-bond acceptors (Lipinski definition) is 3. The first-order chi connectivity index (χ1) is 11.0. The van der Waals surface area contributed by atoms with E-state index in [1.54, 1.807) is 0 Å². The molecule has 1 aromatic carbocycles. The molecule has 0 amide bonds. The average Bonchev–Trinajstić information content (AvgIpc) is 2.47. The zero-order valence-electron chi connectivity index (χ0n) is 16.3. The van der Waals surface area contributed by atoms with E-state index in [1.807, 2.05) is 0 Å². The standard InChI is InChI=1S/C21H35NO2/c1-20(2,3)17-11-15(12-18(19(17)24)21(4,5)6)13-22-10-8-7-9-16(22)14-23/h11-12,16,23-24H,7-10,13-14H2,1-6H3/t16-/m1/s1. The van der Waals surface area contributed by atoms with E-state index in [1.165, 1.54) is 18.4 Å². The van der Waals surface area contributed by atoms with E-state index in [0.717, 1.165) is 30.6 Å². The summed E-state index contributed by atoms with van der Waals surface area (Å²) in [6, 6.07) is 4.59. The number of piperidine rings is 1. The highest BCUT2D eigenvalue weighted by atomic mass is 16.3. The minimum atomic E-state index is -0.0988. The molecule has 1 aromatic rings. The molecular weight excluding hydrogens is 298 g/mol. The molecule has 0 aromatic heterocycles. The Bertz CT molecular complexity index is 531. The van der Waals surface area contributed by atoms with Crippen molar-refractivity contribution in [1.82, 2.24) is 4.90 Å². The summed E-state index contributed by atoms with van der Waals surface area (Å²) in [6.45, 7) is 15.0. The highest BCUT2D eigenvalue weighted by Crippen LogP contribution is 2.40. The number of aliphatic hydroxyl groups is 1. The monoisotopic (exact) mass is 333 g/mol. The van der Waals surface area contributed by atoms with Gasteiger partial charge in [0.15, 0.2) is 0 Å². The van der Waals surface area contributed by atoms with Crippen molar-refractivity contribution in [1.29, 1.82) is 0 Å². The number of phenolic OH excluding ortho intramolecular Hbond substituents is 1. The summed E-state index contributed by atoms with van der Waals surface area (Å²) in [4.78, 5) is 2.40. The van der Waals surface area contributed by atoms with Crippen molar-refractivity contribution in [2.75, 3.05) is 13.2 Å². The zero-order chi connectivity index (χ0) is 18.1. The van der Waals surface area contributed by atoms with Crippen LogP contribution < -0.4 is 0 Å². The van der Waals surface area contributed by atoms with Crippen LogP contribution in [0.3, 0.4) is 0 Å². The maximum Gasteiger partial charge on any atom is 0.123 e. The van der Waals surface area contributed by atoms with Crippen molar-refractivity contribution in [2.45, 2.75) is 84.2 Å². The predicted octanol–water partition coefficient (Wildman–Crippen LogP) is 4.33. The topological polar surface area (TPSA) is 43.7 Å². The van der Waals surface area contributed by atoms with Gasteiger partial charge in [0.25, 0.3) is 0 Å². The lowest BCUT2D eigenvalue weighted by molar-refractivity contribution is 0.0840. The van der Waals surface area contributed by atoms with E-state index >= 15 is 0 Å². The molecule has 2 rings (SSSR count). The molecule has 3 heteroatoms. The fourth-order valence-electron chi connectivity index (χ4n) is 3.64. The quantitative estimate of drug-likeness (QED) is 0.865. The third-order valence-electron chi connectivity index (χ3n) is 5.13. The van der Waals surface area contributed by atoms with Crippen LogP contribution in [0.1, 0.15) is 77.5 Å². The first-order valence-corrected chi connectivity index (χ1v) is 9.26. The zero-order valence-corrected chi connectivity index (χ0v) is 16.3. The van der Waals surface area contributed by atoms with Crippen LogP contribution in [-0.4, -0.2) is 34.3 Å². The summed E-state index contributed by atoms with van der Waals surface area (Å²) in [5.41, 5.74) is 3.07. The predicted molar refractivity (Wildman–Crippen MR) is 101 cm³/mol. The van der Waals surface area contributed by atoms with Gasteiger partial charge < -0.3 is 10.2 Å². The van der Waals surface area contributed by atoms with Crippen LogP contribution in [0.4, 0.5) is 0 Å². The number of phenols is 1. The largest absolute Gasteiger partial charge is 0.507 e. The van der Waals surface area contributed by atoms with Gasteiger partial charge in [-0.2, -0.15) is 0 Å². The fraction of sp³-hybridized carbons (Fsp3) is 0.714. The SMILES string of the molecule is CC(C)(C)c1cc(CN2CCCC[C@@H]2CO)cc(C(C)(C)C)c1O. The second kappa shape index (κ2) is 7.05. The molecule has 1 heterocycles. The summed E-state index contributed by atoms with van der Waals surface area (Å²) in [5.74, 6) is 0.441. The molecule has 1 fully saturated rings. The summed E-state index contributed by atoms with van der Waals surface area (Å²) < 4.78 is 0. The second-order valence-electron chi connectivity index (χ2n) is 9.34. The summed E-state index contributed by atoms with van der Waals surface area (Å²) in [7, 11) is 0. The Hall–Kier alpha value is -1.06. The highest BCUT2D eigenvalue weighted by molar-refractivity contribution is 5.49. The van der Waals surface area contributed by atoms with E-state index in [2.05, 4.69) is 58.6 Å². The number of nitrogens with zero attached hydrogens (tertiary/aromatic N) is 1. The molecule has 1 aliphatic rings. The second-order valence-corrected chi connectivity index (χ2v) is 9.34. The molecule has 3 nitrogen and oxygen atoms in total. The van der Waals surface area contributed by atoms with Crippen LogP contribution in [0.15, 0.2) is 12.1 Å². The first kappa shape index (κ1) is 19.3. The van der Waals surface area contributed by atoms with Crippen LogP contribution in [0, 0.1) is 0 Å². The number of hydrogen-bond donors (Lipinski definition) is 2. The fourth-order valence-corrected chi connectivity index (χ4v) is 3.64. The van der Waals surface area contributed by atoms with Gasteiger partial charge >= 0.3 is 0 Å². The van der Waals surface area contributed by atoms with Gasteiger partial charge in [0.05, 0.1) is 6.61 Å². The van der Waals surface area contributed by atoms with Gasteiger partial charge in [0.2, 0.25) is 0 Å². The number of benzene rings is 1. The van der Waals surface area contributed by atoms with Gasteiger partial charge in [0, 0.05) is 12.6 Å². The van der Waals surface area contributed by atoms with Crippen LogP contribution in [-0.2, 0) is 17.4 Å². The van der Waals surface area contributed by atoms with E-state index < -0.39 is 0 Å². The van der Waals surface area contributed by atoms with E-state index in [9.17, 15) is 10.2 Å². The van der Waals surface area contributed by atoms with Crippen LogP contribution in [0.2, 0.25) is 0 Å². The molecule has 0 saturated carbocycles. The first-order valence-electron chi connectivity index (χ1n) is 9.26. The molecule has 0 aliphatic carbocycles. The summed E-state index contributed by atoms with van der Waals surface area (Å²) >= 11 is 0. The molecule has 0 unspecified atom stereocenters. The Morgan fingerprint density at radius 2 is 1.54 bits per heavy atom. The molecule has 0 radical (unpaired) electrons. The molecule has 0 spiro atoms. The smallest absolute Gasteiger partial charge is 0.123 e. The van der Waals surface area contributed by atoms with Gasteiger partial charge in [-0.3, -0.25) is 4.90 Å². The molecular formula is C21H35NO2. The Morgan fingerprint density at radius 3 is 2.00 bits per heavy atom. The summed E-state index contributed by atoms with van der Waals surface area (Å²) in [6.07, 6.45) is 3.48. The van der Waals surface area contributed by atoms with Gasteiger partial charge in [-0.15, -0.1) is 0 Å². The Kier molecular flexibility index (Phi) is 5.66. The lowest BCUT2D eigenvalue weighted by Gasteiger charge is -2.35. The molecule has 24 heavy (non-hydrogen) atoms. The molecule has 1 aliphatic heterocycles. The minimum absolute atomic E-state index is 0.0988. The third kappa shape index (κ3) is 4.31. The van der Waals surface area contributed by atoms with Gasteiger partial charge in [-0.1, -0.05) is 60.1 Å². The van der Waals surface area contributed by atoms with Crippen molar-refractivity contribution in [2.24, 2.45) is 0 Å². The Labute approximate surface area is 147 Å². The van der Waals surface area contributed by atoms with Crippen LogP contribution >= 0.6 is 0 Å². The van der Waals surface area contributed by atoms with E-state index in [4.69, 9.17) is 0 Å². The average molecular weight is 334 g/mol. The van der Waals surface area contributed by atoms with Crippen LogP contribution in [0.25, 0.3) is 0 Å². The minimum Gasteiger partial charge on any atom is -0.507 e. The van der Waals surface area contributed by atoms with E-state index in [-0.39, 0.29) is 23.5 Å². The van der Waals surface area contributed by atoms with Crippen molar-refractivity contribution in [3.63, 3.8) is 0 Å². The third-order valence-corrected chi connectivity index (χ3v) is 5.13. The van der Waals surface area contributed by atoms with Gasteiger partial charge in [-0.05, 0) is 46.9 Å². The molecule has 1 atom stereocenters. The van der Waals surface area contributed by atoms with Crippen molar-refractivity contribution in [3.8, 4) is 5.75 Å². The molecule has 2 N–H and O–H groups in total. The number of aliphatic hydroxyl groups excluding tert-OH is 1. The highest BCUT2D eigenvalue weighted by Gasteiger charge is 2.28. The van der Waals surface area contributed by atoms with Gasteiger partial charge in [0.1, 0.15) is 5.75 Å². The Balaban J connectivity index is 2.42. The van der Waals surface area contributed by atoms with Gasteiger partial charge in [-0.25, -0.2) is 0 Å². The number of rotatable bonds is 3. The maximum atomic E-state index is 10.8. The van der Waals surface area contributed by atoms with Crippen molar-refractivity contribution in [3.05, 3.63) is 28.8 Å². The molecule has 0 bridgehead atoms. The normalized spacial score (nSPS) is 20.4. The number of aromatic hydroxyl groups is 1. The van der Waals surface area contributed by atoms with Crippen molar-refractivity contribution >= 4 is 0 Å². The van der Waals surface area contributed by atoms with Crippen LogP contribution in [0.5, 0.6) is 5.75 Å². The lowest BCUT2D eigenvalue weighted by atomic mass is 9.78. The van der Waals surface area contributed by atoms with E-state index in [0.29, 0.717) is 5.75 Å². The van der Waals surface area contributed by atoms with Crippen molar-refractivity contribution < 1.29 is 10.2 Å². The maximum absolute atomic E-state index is 10.8. The summed E-state index contributed by atoms with van der Waals surface area (Å²) in [5, 5.41) is 20.5. The lowest BCUT2D eigenvalue weighted by Crippen LogP contribution is -2.41. The molecule has 136 valence electrons. The molecule has 1 saturated heterocycles. The number of likely N-dealkylation sites (tertiary alicyclic amines) is 1. The Morgan fingerprint density at radius 1 is 1.00 bits per heavy atom.